The van der Waals surface area contributed by atoms with Crippen LogP contribution in [0, 0.1) is 0 Å². The van der Waals surface area contributed by atoms with E-state index >= 15 is 0 Å². The molecule has 1 aliphatic carbocycles. The lowest BCUT2D eigenvalue weighted by Gasteiger charge is -2.38. The number of hydrogen-bond donors (Lipinski definition) is 0. The molecule has 2 aliphatic heterocycles. The highest BCUT2D eigenvalue weighted by Gasteiger charge is 2.38. The van der Waals surface area contributed by atoms with Crippen molar-refractivity contribution in [3.63, 3.8) is 0 Å². The molecule has 1 aromatic heterocycles. The van der Waals surface area contributed by atoms with Crippen LogP contribution in [0.2, 0.25) is 0 Å². The first-order valence-electron chi connectivity index (χ1n) is 9.04. The van der Waals surface area contributed by atoms with Gasteiger partial charge in [-0.1, -0.05) is 0 Å². The van der Waals surface area contributed by atoms with Gasteiger partial charge in [0, 0.05) is 44.5 Å². The number of amides is 1. The van der Waals surface area contributed by atoms with Gasteiger partial charge < -0.3 is 19.4 Å². The number of fused-ring (bicyclic) bond motifs is 1. The summed E-state index contributed by atoms with van der Waals surface area (Å²) in [5, 5.41) is 0. The van der Waals surface area contributed by atoms with Crippen molar-refractivity contribution in [2.75, 3.05) is 51.3 Å². The highest BCUT2D eigenvalue weighted by atomic mass is 16.5. The fourth-order valence-electron chi connectivity index (χ4n) is 4.10. The molecule has 1 aromatic rings. The van der Waals surface area contributed by atoms with Crippen molar-refractivity contribution >= 4 is 11.7 Å². The minimum absolute atomic E-state index is 0.132. The molecule has 3 heterocycles. The van der Waals surface area contributed by atoms with Crippen LogP contribution in [0.15, 0.2) is 18.3 Å². The molecule has 6 nitrogen and oxygen atoms in total. The average Bonchev–Trinajstić information content (AvgIpc) is 3.10. The second-order valence-corrected chi connectivity index (χ2v) is 7.10. The van der Waals surface area contributed by atoms with Gasteiger partial charge in [-0.2, -0.15) is 0 Å². The first kappa shape index (κ1) is 15.8. The standard InChI is InChI=1S/C18H26N4O2/c1-20-7-9-21(10-8-20)17-13-14(5-6-19-17)18(23)22-11-12-24-16-4-2-3-15(16)22/h5-6,13,15-16H,2-4,7-12H2,1H3/t15-,16-/m0/s1. The fourth-order valence-corrected chi connectivity index (χ4v) is 4.10. The SMILES string of the molecule is CN1CCN(c2cc(C(=O)N3CCO[C@H]4CCC[C@@H]43)ccn2)CC1. The van der Waals surface area contributed by atoms with E-state index in [0.29, 0.717) is 13.2 Å². The minimum Gasteiger partial charge on any atom is -0.374 e. The van der Waals surface area contributed by atoms with Gasteiger partial charge in [-0.05, 0) is 38.4 Å². The maximum Gasteiger partial charge on any atom is 0.254 e. The van der Waals surface area contributed by atoms with Crippen molar-refractivity contribution in [2.24, 2.45) is 0 Å². The number of morpholine rings is 1. The molecule has 1 amide bonds. The van der Waals surface area contributed by atoms with Crippen LogP contribution in [0.3, 0.4) is 0 Å². The Morgan fingerprint density at radius 1 is 1.21 bits per heavy atom. The molecule has 130 valence electrons. The summed E-state index contributed by atoms with van der Waals surface area (Å²) in [6, 6.07) is 4.07. The van der Waals surface area contributed by atoms with Crippen LogP contribution in [-0.2, 0) is 4.74 Å². The quantitative estimate of drug-likeness (QED) is 0.816. The molecule has 3 fully saturated rings. The molecule has 4 rings (SSSR count). The van der Waals surface area contributed by atoms with Crippen LogP contribution in [0.1, 0.15) is 29.6 Å². The summed E-state index contributed by atoms with van der Waals surface area (Å²) in [6.45, 7) is 5.35. The third kappa shape index (κ3) is 3.00. The number of carbonyl (C=O) groups is 1. The van der Waals surface area contributed by atoms with Gasteiger partial charge in [-0.15, -0.1) is 0 Å². The van der Waals surface area contributed by atoms with Gasteiger partial charge in [0.2, 0.25) is 0 Å². The molecule has 6 heteroatoms. The molecule has 1 saturated carbocycles. The Hall–Kier alpha value is -1.66. The van der Waals surface area contributed by atoms with E-state index in [2.05, 4.69) is 21.8 Å². The van der Waals surface area contributed by atoms with Crippen molar-refractivity contribution in [3.8, 4) is 0 Å². The van der Waals surface area contributed by atoms with Crippen molar-refractivity contribution in [3.05, 3.63) is 23.9 Å². The maximum absolute atomic E-state index is 13.0. The molecule has 0 unspecified atom stereocenters. The van der Waals surface area contributed by atoms with Crippen LogP contribution in [0.25, 0.3) is 0 Å². The number of aromatic nitrogens is 1. The smallest absolute Gasteiger partial charge is 0.254 e. The Balaban J connectivity index is 1.51. The monoisotopic (exact) mass is 330 g/mol. The van der Waals surface area contributed by atoms with Crippen LogP contribution >= 0.6 is 0 Å². The number of hydrogen-bond acceptors (Lipinski definition) is 5. The zero-order chi connectivity index (χ0) is 16.5. The normalized spacial score (nSPS) is 28.0. The van der Waals surface area contributed by atoms with E-state index in [4.69, 9.17) is 4.74 Å². The number of ether oxygens (including phenoxy) is 1. The van der Waals surface area contributed by atoms with E-state index in [-0.39, 0.29) is 18.1 Å². The molecule has 24 heavy (non-hydrogen) atoms. The van der Waals surface area contributed by atoms with Crippen molar-refractivity contribution < 1.29 is 9.53 Å². The highest BCUT2D eigenvalue weighted by molar-refractivity contribution is 5.95. The molecule has 0 N–H and O–H groups in total. The third-order valence-electron chi connectivity index (χ3n) is 5.56. The average molecular weight is 330 g/mol. The maximum atomic E-state index is 13.0. The van der Waals surface area contributed by atoms with Gasteiger partial charge in [-0.3, -0.25) is 4.79 Å². The molecular formula is C18H26N4O2. The first-order valence-corrected chi connectivity index (χ1v) is 9.04. The van der Waals surface area contributed by atoms with Crippen LogP contribution in [0.4, 0.5) is 5.82 Å². The lowest BCUT2D eigenvalue weighted by molar-refractivity contribution is -0.0445. The van der Waals surface area contributed by atoms with E-state index in [0.717, 1.165) is 56.8 Å². The summed E-state index contributed by atoms with van der Waals surface area (Å²) in [7, 11) is 2.14. The number of carbonyl (C=O) groups excluding carboxylic acids is 1. The van der Waals surface area contributed by atoms with Crippen LogP contribution in [-0.4, -0.2) is 79.2 Å². The van der Waals surface area contributed by atoms with Crippen molar-refractivity contribution in [2.45, 2.75) is 31.4 Å². The van der Waals surface area contributed by atoms with Crippen molar-refractivity contribution in [1.29, 1.82) is 0 Å². The topological polar surface area (TPSA) is 48.9 Å². The van der Waals surface area contributed by atoms with Gasteiger partial charge in [0.15, 0.2) is 0 Å². The number of anilines is 1. The van der Waals surface area contributed by atoms with E-state index in [1.165, 1.54) is 0 Å². The van der Waals surface area contributed by atoms with Gasteiger partial charge in [0.25, 0.3) is 5.91 Å². The second-order valence-electron chi connectivity index (χ2n) is 7.10. The van der Waals surface area contributed by atoms with Gasteiger partial charge in [-0.25, -0.2) is 4.98 Å². The Kier molecular flexibility index (Phi) is 4.41. The van der Waals surface area contributed by atoms with E-state index < -0.39 is 0 Å². The lowest BCUT2D eigenvalue weighted by Crippen LogP contribution is -2.51. The molecular weight excluding hydrogens is 304 g/mol. The fraction of sp³-hybridized carbons (Fsp3) is 0.667. The first-order chi connectivity index (χ1) is 11.7. The summed E-state index contributed by atoms with van der Waals surface area (Å²) in [5.74, 6) is 1.05. The Morgan fingerprint density at radius 2 is 2.04 bits per heavy atom. The summed E-state index contributed by atoms with van der Waals surface area (Å²) in [5.41, 5.74) is 0.756. The number of piperazine rings is 1. The summed E-state index contributed by atoms with van der Waals surface area (Å²) in [6.07, 6.45) is 5.31. The van der Waals surface area contributed by atoms with Gasteiger partial charge in [0.05, 0.1) is 18.8 Å². The molecule has 0 aromatic carbocycles. The summed E-state index contributed by atoms with van der Waals surface area (Å²) in [4.78, 5) is 24.2. The number of rotatable bonds is 2. The Morgan fingerprint density at radius 3 is 2.88 bits per heavy atom. The molecule has 0 spiro atoms. The van der Waals surface area contributed by atoms with E-state index in [1.807, 2.05) is 17.0 Å². The largest absolute Gasteiger partial charge is 0.374 e. The number of nitrogens with zero attached hydrogens (tertiary/aromatic N) is 4. The van der Waals surface area contributed by atoms with Crippen LogP contribution in [0.5, 0.6) is 0 Å². The van der Waals surface area contributed by atoms with Crippen molar-refractivity contribution in [1.82, 2.24) is 14.8 Å². The summed E-state index contributed by atoms with van der Waals surface area (Å²) >= 11 is 0. The van der Waals surface area contributed by atoms with Gasteiger partial charge >= 0.3 is 0 Å². The molecule has 2 atom stereocenters. The Bertz CT molecular complexity index is 600. The predicted molar refractivity (Wildman–Crippen MR) is 92.4 cm³/mol. The molecule has 3 aliphatic rings. The third-order valence-corrected chi connectivity index (χ3v) is 5.56. The number of likely N-dealkylation sites (N-methyl/N-ethyl adjacent to an activating group) is 1. The summed E-state index contributed by atoms with van der Waals surface area (Å²) < 4.78 is 5.83. The predicted octanol–water partition coefficient (Wildman–Crippen LogP) is 1.23. The Labute approximate surface area is 143 Å². The highest BCUT2D eigenvalue weighted by Crippen LogP contribution is 2.31. The molecule has 0 bridgehead atoms. The minimum atomic E-state index is 0.132. The lowest BCUT2D eigenvalue weighted by atomic mass is 10.1. The van der Waals surface area contributed by atoms with E-state index in [9.17, 15) is 4.79 Å². The van der Waals surface area contributed by atoms with Gasteiger partial charge in [0.1, 0.15) is 5.82 Å². The zero-order valence-electron chi connectivity index (χ0n) is 14.4. The van der Waals surface area contributed by atoms with E-state index in [1.54, 1.807) is 6.20 Å². The zero-order valence-corrected chi connectivity index (χ0v) is 14.4. The molecule has 0 radical (unpaired) electrons. The van der Waals surface area contributed by atoms with Crippen LogP contribution < -0.4 is 4.90 Å². The second kappa shape index (κ2) is 6.69. The molecule has 2 saturated heterocycles. The number of pyridine rings is 1.